The van der Waals surface area contributed by atoms with E-state index in [-0.39, 0.29) is 11.9 Å². The molecule has 0 radical (unpaired) electrons. The summed E-state index contributed by atoms with van der Waals surface area (Å²) >= 11 is 0. The Labute approximate surface area is 222 Å². The number of rotatable bonds is 9. The van der Waals surface area contributed by atoms with Crippen LogP contribution in [0.5, 0.6) is 5.75 Å². The average Bonchev–Trinajstić information content (AvgIpc) is 3.34. The van der Waals surface area contributed by atoms with Crippen molar-refractivity contribution in [2.24, 2.45) is 0 Å². The number of fused-ring (bicyclic) bond motifs is 1. The first-order valence-corrected chi connectivity index (χ1v) is 13.0. The van der Waals surface area contributed by atoms with Gasteiger partial charge >= 0.3 is 0 Å². The zero-order valence-electron chi connectivity index (χ0n) is 21.7. The zero-order chi connectivity index (χ0) is 26.5. The second-order valence-corrected chi connectivity index (χ2v) is 9.53. The number of carbonyl (C=O) groups is 1. The molecule has 1 amide bonds. The molecule has 0 unspecified atom stereocenters. The van der Waals surface area contributed by atoms with Crippen LogP contribution < -0.4 is 21.1 Å². The molecule has 1 fully saturated rings. The molecule has 10 nitrogen and oxygen atoms in total. The lowest BCUT2D eigenvalue weighted by atomic mass is 10.1. The van der Waals surface area contributed by atoms with Gasteiger partial charge in [-0.05, 0) is 56.7 Å². The fourth-order valence-electron chi connectivity index (χ4n) is 4.96. The van der Waals surface area contributed by atoms with Crippen LogP contribution in [0, 0.1) is 0 Å². The smallest absolute Gasteiger partial charge is 0.247 e. The van der Waals surface area contributed by atoms with Crippen LogP contribution >= 0.6 is 0 Å². The van der Waals surface area contributed by atoms with Crippen LogP contribution in [0.1, 0.15) is 31.7 Å². The molecule has 4 N–H and O–H groups in total. The molecule has 1 saturated heterocycles. The van der Waals surface area contributed by atoms with E-state index in [0.717, 1.165) is 68.8 Å². The maximum absolute atomic E-state index is 12.3. The Morgan fingerprint density at radius 1 is 1.29 bits per heavy atom. The first-order chi connectivity index (χ1) is 18.6. The highest BCUT2D eigenvalue weighted by Crippen LogP contribution is 2.38. The molecule has 198 valence electrons. The number of nitrogen functional groups attached to an aromatic ring is 1. The number of nitrogens with zero attached hydrogens (tertiary/aromatic N) is 5. The third-order valence-corrected chi connectivity index (χ3v) is 7.01. The number of hydrogen-bond acceptors (Lipinski definition) is 8. The number of carbonyl (C=O) groups excluding carboxylic acids is 1. The number of likely N-dealkylation sites (tertiary alicyclic amines) is 1. The van der Waals surface area contributed by atoms with Gasteiger partial charge in [0, 0.05) is 38.2 Å². The van der Waals surface area contributed by atoms with E-state index < -0.39 is 0 Å². The van der Waals surface area contributed by atoms with Crippen LogP contribution in [0.15, 0.2) is 61.2 Å². The van der Waals surface area contributed by atoms with Crippen molar-refractivity contribution < 1.29 is 9.53 Å². The second-order valence-electron chi connectivity index (χ2n) is 9.53. The maximum atomic E-state index is 12.3. The second kappa shape index (κ2) is 11.6. The highest BCUT2D eigenvalue weighted by Gasteiger charge is 2.26. The monoisotopic (exact) mass is 514 g/mol. The molecule has 3 aromatic rings. The minimum atomic E-state index is -0.326. The average molecular weight is 515 g/mol. The molecule has 1 aromatic carbocycles. The summed E-state index contributed by atoms with van der Waals surface area (Å²) in [4.78, 5) is 23.6. The van der Waals surface area contributed by atoms with Crippen molar-refractivity contribution in [1.82, 2.24) is 30.0 Å². The van der Waals surface area contributed by atoms with Gasteiger partial charge in [0.25, 0.3) is 0 Å². The fraction of sp³-hybridized carbons (Fsp3) is 0.357. The SMILES string of the molecule is C=CC(=O)Nc1cc(-c2nn(C3CCN(CCNC)CC3)c3ncnc(N)c23)ccc1OC1=CC=CCC1. The molecule has 0 atom stereocenters. The van der Waals surface area contributed by atoms with Crippen LogP contribution in [0.25, 0.3) is 22.3 Å². The zero-order valence-corrected chi connectivity index (χ0v) is 21.7. The van der Waals surface area contributed by atoms with Gasteiger partial charge in [-0.2, -0.15) is 5.10 Å². The van der Waals surface area contributed by atoms with Crippen molar-refractivity contribution in [2.45, 2.75) is 31.7 Å². The number of nitrogens with two attached hydrogens (primary N) is 1. The molecular weight excluding hydrogens is 480 g/mol. The molecular formula is C28H34N8O2. The van der Waals surface area contributed by atoms with E-state index in [1.807, 2.05) is 42.1 Å². The van der Waals surface area contributed by atoms with Gasteiger partial charge in [0.05, 0.1) is 17.1 Å². The number of piperidine rings is 1. The van der Waals surface area contributed by atoms with E-state index in [1.165, 1.54) is 12.4 Å². The molecule has 0 bridgehead atoms. The van der Waals surface area contributed by atoms with Crippen molar-refractivity contribution >= 4 is 28.4 Å². The fourth-order valence-corrected chi connectivity index (χ4v) is 4.96. The van der Waals surface area contributed by atoms with Crippen molar-refractivity contribution in [3.63, 3.8) is 0 Å². The standard InChI is InChI=1S/C28H34N8O2/c1-3-24(37)33-22-17-19(9-10-23(22)38-21-7-5-4-6-8-21)26-25-27(29)31-18-32-28(25)36(34-26)20-11-14-35(15-12-20)16-13-30-2/h3-5,7,9-10,17-18,20,30H,1,6,8,11-16H2,2H3,(H,33,37)(H2,29,31,32). The summed E-state index contributed by atoms with van der Waals surface area (Å²) in [5.74, 6) is 1.43. The van der Waals surface area contributed by atoms with Crippen LogP contribution in [0.3, 0.4) is 0 Å². The van der Waals surface area contributed by atoms with Crippen molar-refractivity contribution in [1.29, 1.82) is 0 Å². The lowest BCUT2D eigenvalue weighted by Gasteiger charge is -2.32. The summed E-state index contributed by atoms with van der Waals surface area (Å²) < 4.78 is 8.15. The van der Waals surface area contributed by atoms with Gasteiger partial charge in [-0.3, -0.25) is 4.79 Å². The predicted octanol–water partition coefficient (Wildman–Crippen LogP) is 3.67. The molecule has 0 saturated carbocycles. The largest absolute Gasteiger partial charge is 0.460 e. The molecule has 1 aliphatic carbocycles. The third kappa shape index (κ3) is 5.46. The van der Waals surface area contributed by atoms with Crippen LogP contribution in [-0.2, 0) is 4.79 Å². The van der Waals surface area contributed by atoms with Gasteiger partial charge in [-0.25, -0.2) is 14.6 Å². The molecule has 2 aliphatic rings. The number of benzene rings is 1. The lowest BCUT2D eigenvalue weighted by Crippen LogP contribution is -2.38. The van der Waals surface area contributed by atoms with Gasteiger partial charge in [-0.1, -0.05) is 18.7 Å². The Balaban J connectivity index is 1.51. The van der Waals surface area contributed by atoms with Gasteiger partial charge in [-0.15, -0.1) is 0 Å². The van der Waals surface area contributed by atoms with Crippen LogP contribution in [-0.4, -0.2) is 63.8 Å². The number of ether oxygens (including phenoxy) is 1. The summed E-state index contributed by atoms with van der Waals surface area (Å²) in [5, 5.41) is 11.8. The van der Waals surface area contributed by atoms with Crippen LogP contribution in [0.4, 0.5) is 11.5 Å². The molecule has 5 rings (SSSR count). The predicted molar refractivity (Wildman–Crippen MR) is 150 cm³/mol. The quantitative estimate of drug-likeness (QED) is 0.370. The number of likely N-dealkylation sites (N-methyl/N-ethyl adjacent to an activating group) is 1. The maximum Gasteiger partial charge on any atom is 0.247 e. The Kier molecular flexibility index (Phi) is 7.81. The summed E-state index contributed by atoms with van der Waals surface area (Å²) in [6, 6.07) is 5.84. The molecule has 1 aliphatic heterocycles. The topological polar surface area (TPSA) is 123 Å². The van der Waals surface area contributed by atoms with Crippen molar-refractivity contribution in [3.05, 3.63) is 61.2 Å². The molecule has 0 spiro atoms. The Bertz CT molecular complexity index is 1380. The van der Waals surface area contributed by atoms with Gasteiger partial charge < -0.3 is 26.0 Å². The highest BCUT2D eigenvalue weighted by atomic mass is 16.5. The lowest BCUT2D eigenvalue weighted by molar-refractivity contribution is -0.111. The van der Waals surface area contributed by atoms with E-state index >= 15 is 0 Å². The minimum Gasteiger partial charge on any atom is -0.460 e. The number of nitrogens with one attached hydrogen (secondary N) is 2. The number of allylic oxidation sites excluding steroid dienone is 4. The molecule has 38 heavy (non-hydrogen) atoms. The Hall–Kier alpha value is -4.02. The van der Waals surface area contributed by atoms with Crippen molar-refractivity contribution in [3.8, 4) is 17.0 Å². The summed E-state index contributed by atoms with van der Waals surface area (Å²) in [6.45, 7) is 7.59. The highest BCUT2D eigenvalue weighted by molar-refractivity contribution is 6.02. The third-order valence-electron chi connectivity index (χ3n) is 7.01. The molecule has 3 heterocycles. The minimum absolute atomic E-state index is 0.209. The number of amides is 1. The van der Waals surface area contributed by atoms with Crippen molar-refractivity contribution in [2.75, 3.05) is 44.3 Å². The summed E-state index contributed by atoms with van der Waals surface area (Å²) in [5.41, 5.74) is 9.07. The normalized spacial score (nSPS) is 16.4. The van der Waals surface area contributed by atoms with E-state index in [0.29, 0.717) is 28.3 Å². The van der Waals surface area contributed by atoms with Crippen LogP contribution in [0.2, 0.25) is 0 Å². The van der Waals surface area contributed by atoms with E-state index in [4.69, 9.17) is 15.6 Å². The van der Waals surface area contributed by atoms with Gasteiger partial charge in [0.1, 0.15) is 29.3 Å². The number of hydrogen-bond donors (Lipinski definition) is 3. The molecule has 10 heteroatoms. The van der Waals surface area contributed by atoms with E-state index in [1.54, 1.807) is 0 Å². The summed E-state index contributed by atoms with van der Waals surface area (Å²) in [6.07, 6.45) is 12.4. The summed E-state index contributed by atoms with van der Waals surface area (Å²) in [7, 11) is 1.98. The first kappa shape index (κ1) is 25.6. The number of anilines is 2. The van der Waals surface area contributed by atoms with E-state index in [9.17, 15) is 4.79 Å². The van der Waals surface area contributed by atoms with Gasteiger partial charge in [0.2, 0.25) is 5.91 Å². The Morgan fingerprint density at radius 2 is 2.13 bits per heavy atom. The van der Waals surface area contributed by atoms with Gasteiger partial charge in [0.15, 0.2) is 5.65 Å². The Morgan fingerprint density at radius 3 is 2.87 bits per heavy atom. The first-order valence-electron chi connectivity index (χ1n) is 13.0. The number of aromatic nitrogens is 4. The van der Waals surface area contributed by atoms with E-state index in [2.05, 4.69) is 38.2 Å². The molecule has 2 aromatic heterocycles.